The third-order valence-electron chi connectivity index (χ3n) is 5.18. The van der Waals surface area contributed by atoms with Gasteiger partial charge in [0, 0.05) is 18.1 Å². The lowest BCUT2D eigenvalue weighted by molar-refractivity contribution is -0.134. The van der Waals surface area contributed by atoms with Crippen LogP contribution in [0.25, 0.3) is 0 Å². The molecule has 22 heavy (non-hydrogen) atoms. The second kappa shape index (κ2) is 6.20. The molecule has 3 N–H and O–H groups in total. The van der Waals surface area contributed by atoms with Gasteiger partial charge in [0.1, 0.15) is 5.82 Å². The van der Waals surface area contributed by atoms with Crippen molar-refractivity contribution in [1.29, 1.82) is 0 Å². The van der Waals surface area contributed by atoms with Crippen molar-refractivity contribution in [2.75, 3.05) is 11.9 Å². The lowest BCUT2D eigenvalue weighted by atomic mass is 9.55. The fourth-order valence-electron chi connectivity index (χ4n) is 3.98. The Bertz CT molecular complexity index is 525. The number of primary amides is 1. The first kappa shape index (κ1) is 15.2. The highest BCUT2D eigenvalue weighted by Gasteiger charge is 2.55. The largest absolute Gasteiger partial charge is 0.378 e. The van der Waals surface area contributed by atoms with Gasteiger partial charge in [-0.1, -0.05) is 19.3 Å². The first-order valence-corrected chi connectivity index (χ1v) is 8.17. The Morgan fingerprint density at radius 1 is 1.36 bits per heavy atom. The monoisotopic (exact) mass is 304 g/mol. The van der Waals surface area contributed by atoms with Crippen LogP contribution in [0.3, 0.4) is 0 Å². The lowest BCUT2D eigenvalue weighted by Gasteiger charge is -2.57. The Balaban J connectivity index is 1.70. The van der Waals surface area contributed by atoms with Crippen molar-refractivity contribution in [3.05, 3.63) is 17.8 Å². The summed E-state index contributed by atoms with van der Waals surface area (Å²) in [6.07, 6.45) is 7.65. The minimum absolute atomic E-state index is 0.193. The molecule has 3 rings (SSSR count). The van der Waals surface area contributed by atoms with Crippen LogP contribution in [0.5, 0.6) is 0 Å². The van der Waals surface area contributed by atoms with Gasteiger partial charge in [-0.05, 0) is 38.3 Å². The van der Waals surface area contributed by atoms with Crippen molar-refractivity contribution in [3.63, 3.8) is 0 Å². The second-order valence-corrected chi connectivity index (χ2v) is 6.34. The number of carbonyl (C=O) groups excluding carboxylic acids is 1. The highest BCUT2D eigenvalue weighted by Crippen LogP contribution is 2.54. The molecule has 1 heterocycles. The summed E-state index contributed by atoms with van der Waals surface area (Å²) < 4.78 is 5.95. The van der Waals surface area contributed by atoms with Gasteiger partial charge in [0.05, 0.1) is 6.10 Å². The molecule has 0 unspecified atom stereocenters. The SMILES string of the molecule is CCO[C@@H]1C[C@@H](Nc2ccc(C(N)=O)nn2)C12CCCCC2. The van der Waals surface area contributed by atoms with Crippen molar-refractivity contribution < 1.29 is 9.53 Å². The molecule has 6 heteroatoms. The quantitative estimate of drug-likeness (QED) is 0.869. The van der Waals surface area contributed by atoms with Crippen LogP contribution in [-0.4, -0.2) is 34.9 Å². The number of aromatic nitrogens is 2. The number of amides is 1. The molecule has 2 saturated carbocycles. The third-order valence-corrected chi connectivity index (χ3v) is 5.18. The first-order valence-electron chi connectivity index (χ1n) is 8.17. The predicted octanol–water partition coefficient (Wildman–Crippen LogP) is 2.12. The van der Waals surface area contributed by atoms with Gasteiger partial charge < -0.3 is 15.8 Å². The Morgan fingerprint density at radius 2 is 2.14 bits per heavy atom. The smallest absolute Gasteiger partial charge is 0.269 e. The number of ether oxygens (including phenoxy) is 1. The summed E-state index contributed by atoms with van der Waals surface area (Å²) >= 11 is 0. The van der Waals surface area contributed by atoms with E-state index in [-0.39, 0.29) is 11.1 Å². The van der Waals surface area contributed by atoms with Crippen molar-refractivity contribution in [3.8, 4) is 0 Å². The van der Waals surface area contributed by atoms with Gasteiger partial charge in [-0.3, -0.25) is 4.79 Å². The molecule has 0 aromatic carbocycles. The summed E-state index contributed by atoms with van der Waals surface area (Å²) in [4.78, 5) is 11.0. The number of anilines is 1. The Morgan fingerprint density at radius 3 is 2.73 bits per heavy atom. The third kappa shape index (κ3) is 2.67. The summed E-state index contributed by atoms with van der Waals surface area (Å²) in [6, 6.07) is 3.76. The molecule has 0 bridgehead atoms. The maximum absolute atomic E-state index is 11.0. The van der Waals surface area contributed by atoms with E-state index in [1.54, 1.807) is 12.1 Å². The molecule has 6 nitrogen and oxygen atoms in total. The fraction of sp³-hybridized carbons (Fsp3) is 0.688. The average Bonchev–Trinajstić information content (AvgIpc) is 2.55. The van der Waals surface area contributed by atoms with E-state index in [1.165, 1.54) is 32.1 Å². The number of nitrogens with two attached hydrogens (primary N) is 1. The van der Waals surface area contributed by atoms with Crippen molar-refractivity contribution >= 4 is 11.7 Å². The van der Waals surface area contributed by atoms with E-state index in [1.807, 2.05) is 0 Å². The highest BCUT2D eigenvalue weighted by molar-refractivity contribution is 5.90. The van der Waals surface area contributed by atoms with Gasteiger partial charge in [-0.15, -0.1) is 10.2 Å². The second-order valence-electron chi connectivity index (χ2n) is 6.34. The molecule has 1 spiro atoms. The molecular weight excluding hydrogens is 280 g/mol. The molecule has 2 aliphatic carbocycles. The zero-order valence-corrected chi connectivity index (χ0v) is 13.0. The molecule has 0 aliphatic heterocycles. The molecule has 1 aromatic heterocycles. The number of nitrogens with zero attached hydrogens (tertiary/aromatic N) is 2. The molecule has 1 aromatic rings. The number of hydrogen-bond acceptors (Lipinski definition) is 5. The van der Waals surface area contributed by atoms with E-state index < -0.39 is 5.91 Å². The summed E-state index contributed by atoms with van der Waals surface area (Å²) in [5.41, 5.74) is 5.62. The van der Waals surface area contributed by atoms with E-state index in [0.717, 1.165) is 13.0 Å². The molecule has 120 valence electrons. The lowest BCUT2D eigenvalue weighted by Crippen LogP contribution is -2.62. The molecule has 1 amide bonds. The number of hydrogen-bond donors (Lipinski definition) is 2. The molecular formula is C16H24N4O2. The minimum Gasteiger partial charge on any atom is -0.378 e. The van der Waals surface area contributed by atoms with Crippen molar-refractivity contribution in [1.82, 2.24) is 10.2 Å². The van der Waals surface area contributed by atoms with E-state index in [4.69, 9.17) is 10.5 Å². The summed E-state index contributed by atoms with van der Waals surface area (Å²) in [6.45, 7) is 2.83. The fourth-order valence-corrected chi connectivity index (χ4v) is 3.98. The van der Waals surface area contributed by atoms with E-state index in [9.17, 15) is 4.79 Å². The minimum atomic E-state index is -0.553. The van der Waals surface area contributed by atoms with Crippen LogP contribution < -0.4 is 11.1 Å². The van der Waals surface area contributed by atoms with Crippen LogP contribution in [0.1, 0.15) is 55.9 Å². The van der Waals surface area contributed by atoms with Gasteiger partial charge in [0.2, 0.25) is 0 Å². The summed E-state index contributed by atoms with van der Waals surface area (Å²) in [5.74, 6) is 0.151. The number of nitrogens with one attached hydrogen (secondary N) is 1. The standard InChI is InChI=1S/C16H24N4O2/c1-2-22-13-10-12(16(13)8-4-3-5-9-16)18-14-7-6-11(15(17)21)19-20-14/h6-7,12-13H,2-5,8-10H2,1H3,(H2,17,21)(H,18,20)/t12-,13-/m1/s1. The first-order chi connectivity index (χ1) is 10.7. The topological polar surface area (TPSA) is 90.1 Å². The van der Waals surface area contributed by atoms with Gasteiger partial charge in [-0.2, -0.15) is 0 Å². The summed E-state index contributed by atoms with van der Waals surface area (Å²) in [7, 11) is 0. The average molecular weight is 304 g/mol. The van der Waals surface area contributed by atoms with Crippen LogP contribution in [0.2, 0.25) is 0 Å². The maximum atomic E-state index is 11.0. The van der Waals surface area contributed by atoms with E-state index in [0.29, 0.717) is 18.0 Å². The normalized spacial score (nSPS) is 26.4. The molecule has 0 saturated heterocycles. The Hall–Kier alpha value is -1.69. The number of rotatable bonds is 5. The maximum Gasteiger partial charge on any atom is 0.269 e. The number of carbonyl (C=O) groups is 1. The molecule has 0 radical (unpaired) electrons. The van der Waals surface area contributed by atoms with Gasteiger partial charge in [0.15, 0.2) is 5.69 Å². The van der Waals surface area contributed by atoms with Crippen LogP contribution >= 0.6 is 0 Å². The molecule has 2 aliphatic rings. The highest BCUT2D eigenvalue weighted by atomic mass is 16.5. The Kier molecular flexibility index (Phi) is 4.29. The van der Waals surface area contributed by atoms with Gasteiger partial charge >= 0.3 is 0 Å². The summed E-state index contributed by atoms with van der Waals surface area (Å²) in [5, 5.41) is 11.4. The van der Waals surface area contributed by atoms with Crippen LogP contribution in [0.4, 0.5) is 5.82 Å². The Labute approximate surface area is 130 Å². The zero-order chi connectivity index (χ0) is 15.6. The molecule has 2 atom stereocenters. The van der Waals surface area contributed by atoms with E-state index in [2.05, 4.69) is 22.4 Å². The van der Waals surface area contributed by atoms with Crippen molar-refractivity contribution in [2.24, 2.45) is 11.1 Å². The van der Waals surface area contributed by atoms with Crippen LogP contribution in [0.15, 0.2) is 12.1 Å². The predicted molar refractivity (Wildman–Crippen MR) is 83.5 cm³/mol. The van der Waals surface area contributed by atoms with Crippen molar-refractivity contribution in [2.45, 2.75) is 57.6 Å². The van der Waals surface area contributed by atoms with Gasteiger partial charge in [0.25, 0.3) is 5.91 Å². The van der Waals surface area contributed by atoms with Crippen LogP contribution in [-0.2, 0) is 4.74 Å². The zero-order valence-electron chi connectivity index (χ0n) is 13.0. The molecule has 2 fully saturated rings. The van der Waals surface area contributed by atoms with Crippen LogP contribution in [0, 0.1) is 5.41 Å². The van der Waals surface area contributed by atoms with E-state index >= 15 is 0 Å². The van der Waals surface area contributed by atoms with Gasteiger partial charge in [-0.25, -0.2) is 0 Å².